The third-order valence-corrected chi connectivity index (χ3v) is 3.81. The van der Waals surface area contributed by atoms with Crippen molar-refractivity contribution in [2.45, 2.75) is 12.5 Å². The molecule has 1 fully saturated rings. The van der Waals surface area contributed by atoms with Gasteiger partial charge in [0.25, 0.3) is 0 Å². The van der Waals surface area contributed by atoms with Crippen LogP contribution in [0.5, 0.6) is 0 Å². The van der Waals surface area contributed by atoms with Crippen LogP contribution in [-0.2, 0) is 0 Å². The third-order valence-electron chi connectivity index (χ3n) is 3.81. The van der Waals surface area contributed by atoms with Gasteiger partial charge in [-0.2, -0.15) is 5.10 Å². The van der Waals surface area contributed by atoms with Gasteiger partial charge in [0.15, 0.2) is 5.65 Å². The minimum atomic E-state index is -0.279. The van der Waals surface area contributed by atoms with Crippen molar-refractivity contribution in [1.82, 2.24) is 19.7 Å². The minimum Gasteiger partial charge on any atom is -0.391 e. The number of aliphatic hydroxyl groups excluding tert-OH is 1. The van der Waals surface area contributed by atoms with E-state index < -0.39 is 0 Å². The van der Waals surface area contributed by atoms with E-state index in [2.05, 4.69) is 20.0 Å². The molecule has 1 aliphatic rings. The molecule has 2 aromatic heterocycles. The van der Waals surface area contributed by atoms with Crippen molar-refractivity contribution in [3.8, 4) is 5.69 Å². The lowest BCUT2D eigenvalue weighted by Crippen LogP contribution is -2.22. The number of fused-ring (bicyclic) bond motifs is 1. The van der Waals surface area contributed by atoms with Crippen LogP contribution in [0.15, 0.2) is 42.9 Å². The fourth-order valence-electron chi connectivity index (χ4n) is 2.78. The standard InChI is InChI=1S/C15H15N5O/c21-12-6-7-19(9-12)14-13-8-18-20(15(13)17-10-16-14)11-4-2-1-3-5-11/h1-5,8,10,12,21H,6-7,9H2. The van der Waals surface area contributed by atoms with Gasteiger partial charge in [0.2, 0.25) is 0 Å². The fraction of sp³-hybridized carbons (Fsp3) is 0.267. The topological polar surface area (TPSA) is 67.1 Å². The Labute approximate surface area is 121 Å². The van der Waals surface area contributed by atoms with Crippen LogP contribution in [0.25, 0.3) is 16.7 Å². The largest absolute Gasteiger partial charge is 0.391 e. The van der Waals surface area contributed by atoms with Crippen LogP contribution < -0.4 is 4.90 Å². The van der Waals surface area contributed by atoms with Crippen molar-refractivity contribution >= 4 is 16.9 Å². The Morgan fingerprint density at radius 3 is 2.76 bits per heavy atom. The zero-order valence-corrected chi connectivity index (χ0v) is 11.4. The smallest absolute Gasteiger partial charge is 0.168 e. The highest BCUT2D eigenvalue weighted by atomic mass is 16.3. The Kier molecular flexibility index (Phi) is 2.82. The summed E-state index contributed by atoms with van der Waals surface area (Å²) in [4.78, 5) is 10.8. The van der Waals surface area contributed by atoms with Gasteiger partial charge in [0, 0.05) is 13.1 Å². The summed E-state index contributed by atoms with van der Waals surface area (Å²) in [5.41, 5.74) is 1.76. The number of hydrogen-bond acceptors (Lipinski definition) is 5. The van der Waals surface area contributed by atoms with Gasteiger partial charge in [-0.1, -0.05) is 18.2 Å². The molecule has 1 aliphatic heterocycles. The second-order valence-electron chi connectivity index (χ2n) is 5.21. The predicted octanol–water partition coefficient (Wildman–Crippen LogP) is 1.39. The maximum absolute atomic E-state index is 9.71. The minimum absolute atomic E-state index is 0.279. The second kappa shape index (κ2) is 4.82. The average Bonchev–Trinajstić information content (AvgIpc) is 3.14. The van der Waals surface area contributed by atoms with Gasteiger partial charge in [-0.05, 0) is 18.6 Å². The number of nitrogens with zero attached hydrogens (tertiary/aromatic N) is 5. The first kappa shape index (κ1) is 12.3. The molecule has 0 saturated carbocycles. The van der Waals surface area contributed by atoms with E-state index in [1.807, 2.05) is 35.0 Å². The zero-order valence-electron chi connectivity index (χ0n) is 11.4. The van der Waals surface area contributed by atoms with Crippen LogP contribution >= 0.6 is 0 Å². The molecule has 106 valence electrons. The molecule has 0 radical (unpaired) electrons. The molecule has 1 atom stereocenters. The summed E-state index contributed by atoms with van der Waals surface area (Å²) in [6, 6.07) is 9.91. The van der Waals surface area contributed by atoms with E-state index >= 15 is 0 Å². The van der Waals surface area contributed by atoms with Crippen molar-refractivity contribution in [1.29, 1.82) is 0 Å². The molecule has 3 heterocycles. The van der Waals surface area contributed by atoms with Gasteiger partial charge >= 0.3 is 0 Å². The molecule has 6 heteroatoms. The Hall–Kier alpha value is -2.47. The van der Waals surface area contributed by atoms with Gasteiger partial charge in [0.1, 0.15) is 12.1 Å². The first-order valence-electron chi connectivity index (χ1n) is 7.00. The quantitative estimate of drug-likeness (QED) is 0.769. The van der Waals surface area contributed by atoms with Crippen LogP contribution in [0.1, 0.15) is 6.42 Å². The van der Waals surface area contributed by atoms with Crippen LogP contribution in [-0.4, -0.2) is 44.0 Å². The van der Waals surface area contributed by atoms with Gasteiger partial charge in [-0.15, -0.1) is 0 Å². The van der Waals surface area contributed by atoms with Crippen LogP contribution in [0.3, 0.4) is 0 Å². The first-order chi connectivity index (χ1) is 10.3. The van der Waals surface area contributed by atoms with Crippen molar-refractivity contribution in [3.05, 3.63) is 42.9 Å². The molecule has 1 N–H and O–H groups in total. The van der Waals surface area contributed by atoms with Crippen LogP contribution in [0, 0.1) is 0 Å². The summed E-state index contributed by atoms with van der Waals surface area (Å²) in [5, 5.41) is 15.1. The Morgan fingerprint density at radius 2 is 2.00 bits per heavy atom. The maximum atomic E-state index is 9.71. The van der Waals surface area contributed by atoms with Crippen LogP contribution in [0.4, 0.5) is 5.82 Å². The molecule has 0 aliphatic carbocycles. The van der Waals surface area contributed by atoms with Crippen molar-refractivity contribution in [2.75, 3.05) is 18.0 Å². The molecule has 0 bridgehead atoms. The summed E-state index contributed by atoms with van der Waals surface area (Å²) in [6.07, 6.45) is 3.85. The first-order valence-corrected chi connectivity index (χ1v) is 7.00. The molecule has 3 aromatic rings. The predicted molar refractivity (Wildman–Crippen MR) is 79.5 cm³/mol. The van der Waals surface area contributed by atoms with E-state index in [1.165, 1.54) is 0 Å². The number of benzene rings is 1. The molecule has 0 amide bonds. The molecule has 6 nitrogen and oxygen atoms in total. The maximum Gasteiger partial charge on any atom is 0.168 e. The van der Waals surface area contributed by atoms with E-state index in [9.17, 15) is 5.11 Å². The van der Waals surface area contributed by atoms with E-state index in [0.717, 1.165) is 35.5 Å². The van der Waals surface area contributed by atoms with Crippen molar-refractivity contribution in [3.63, 3.8) is 0 Å². The zero-order chi connectivity index (χ0) is 14.2. The Morgan fingerprint density at radius 1 is 1.14 bits per heavy atom. The molecule has 0 spiro atoms. The second-order valence-corrected chi connectivity index (χ2v) is 5.21. The molecular weight excluding hydrogens is 266 g/mol. The molecule has 4 rings (SSSR count). The average molecular weight is 281 g/mol. The van der Waals surface area contributed by atoms with Crippen molar-refractivity contribution < 1.29 is 5.11 Å². The highest BCUT2D eigenvalue weighted by molar-refractivity contribution is 5.87. The fourth-order valence-corrected chi connectivity index (χ4v) is 2.78. The summed E-state index contributed by atoms with van der Waals surface area (Å²) in [7, 11) is 0. The number of aliphatic hydroxyl groups is 1. The van der Waals surface area contributed by atoms with Gasteiger partial charge in [0.05, 0.1) is 23.4 Å². The van der Waals surface area contributed by atoms with E-state index in [-0.39, 0.29) is 6.10 Å². The SMILES string of the molecule is OC1CCN(c2ncnc3c2cnn3-c2ccccc2)C1. The highest BCUT2D eigenvalue weighted by Crippen LogP contribution is 2.27. The molecule has 1 saturated heterocycles. The van der Waals surface area contributed by atoms with Crippen molar-refractivity contribution in [2.24, 2.45) is 0 Å². The highest BCUT2D eigenvalue weighted by Gasteiger charge is 2.24. The number of para-hydroxylation sites is 1. The molecule has 21 heavy (non-hydrogen) atoms. The molecule has 1 aromatic carbocycles. The molecule has 1 unspecified atom stereocenters. The number of aromatic nitrogens is 4. The number of β-amino-alcohol motifs (C(OH)–C–C–N with tert-alkyl or cyclic N) is 1. The molecular formula is C15H15N5O. The van der Waals surface area contributed by atoms with E-state index in [4.69, 9.17) is 0 Å². The summed E-state index contributed by atoms with van der Waals surface area (Å²) in [5.74, 6) is 0.846. The Bertz CT molecular complexity index is 770. The van der Waals surface area contributed by atoms with Crippen LogP contribution in [0.2, 0.25) is 0 Å². The lowest BCUT2D eigenvalue weighted by Gasteiger charge is -2.16. The summed E-state index contributed by atoms with van der Waals surface area (Å²) in [6.45, 7) is 1.42. The normalized spacial score (nSPS) is 18.5. The lowest BCUT2D eigenvalue weighted by molar-refractivity contribution is 0.198. The van der Waals surface area contributed by atoms with Gasteiger partial charge < -0.3 is 10.0 Å². The van der Waals surface area contributed by atoms with Gasteiger partial charge in [-0.25, -0.2) is 14.6 Å². The number of rotatable bonds is 2. The number of hydrogen-bond donors (Lipinski definition) is 1. The van der Waals surface area contributed by atoms with Gasteiger partial charge in [-0.3, -0.25) is 0 Å². The van der Waals surface area contributed by atoms with E-state index in [1.54, 1.807) is 12.5 Å². The third kappa shape index (κ3) is 2.04. The monoisotopic (exact) mass is 281 g/mol. The van der Waals surface area contributed by atoms with E-state index in [0.29, 0.717) is 6.54 Å². The Balaban J connectivity index is 1.83. The lowest BCUT2D eigenvalue weighted by atomic mass is 10.3. The summed E-state index contributed by atoms with van der Waals surface area (Å²) >= 11 is 0. The summed E-state index contributed by atoms with van der Waals surface area (Å²) < 4.78 is 1.81. The number of anilines is 1.